The van der Waals surface area contributed by atoms with Gasteiger partial charge in [0.1, 0.15) is 11.6 Å². The summed E-state index contributed by atoms with van der Waals surface area (Å²) in [4.78, 5) is 0. The van der Waals surface area contributed by atoms with Gasteiger partial charge in [-0.3, -0.25) is 0 Å². The highest BCUT2D eigenvalue weighted by atomic mass is 35.5. The molecule has 0 fully saturated rings. The summed E-state index contributed by atoms with van der Waals surface area (Å²) >= 11 is 5.79. The van der Waals surface area contributed by atoms with Gasteiger partial charge in [-0.25, -0.2) is 8.78 Å². The third-order valence-corrected chi connectivity index (χ3v) is 2.95. The van der Waals surface area contributed by atoms with Crippen molar-refractivity contribution in [2.75, 3.05) is 5.32 Å². The number of nitrogens with one attached hydrogen (secondary N) is 1. The van der Waals surface area contributed by atoms with Crippen LogP contribution in [0, 0.1) is 11.6 Å². The fourth-order valence-electron chi connectivity index (χ4n) is 1.95. The first-order chi connectivity index (χ1) is 9.02. The molecule has 100 valence electrons. The van der Waals surface area contributed by atoms with Gasteiger partial charge in [0.2, 0.25) is 0 Å². The van der Waals surface area contributed by atoms with Crippen LogP contribution in [-0.4, -0.2) is 6.04 Å². The number of hydrogen-bond acceptors (Lipinski definition) is 1. The standard InChI is InChI=1S/C15H14ClF2N/c1-10(6-11-2-4-13(17)5-3-11)19-15-8-12(16)7-14(18)9-15/h2-5,7-10,19H,6H2,1H3. The number of anilines is 1. The van der Waals surface area contributed by atoms with Crippen LogP contribution < -0.4 is 5.32 Å². The van der Waals surface area contributed by atoms with Crippen LogP contribution in [0.5, 0.6) is 0 Å². The Morgan fingerprint density at radius 3 is 2.37 bits per heavy atom. The largest absolute Gasteiger partial charge is 0.382 e. The average molecular weight is 282 g/mol. The van der Waals surface area contributed by atoms with E-state index >= 15 is 0 Å². The van der Waals surface area contributed by atoms with E-state index in [0.717, 1.165) is 5.56 Å². The van der Waals surface area contributed by atoms with E-state index < -0.39 is 0 Å². The molecule has 0 radical (unpaired) electrons. The lowest BCUT2D eigenvalue weighted by molar-refractivity contribution is 0.625. The zero-order valence-electron chi connectivity index (χ0n) is 10.5. The molecule has 2 aromatic carbocycles. The number of halogens is 3. The Labute approximate surface area is 116 Å². The molecule has 1 atom stereocenters. The molecule has 0 spiro atoms. The van der Waals surface area contributed by atoms with E-state index in [2.05, 4.69) is 5.32 Å². The molecule has 0 heterocycles. The van der Waals surface area contributed by atoms with Crippen LogP contribution in [0.25, 0.3) is 0 Å². The van der Waals surface area contributed by atoms with Crippen molar-refractivity contribution in [1.82, 2.24) is 0 Å². The average Bonchev–Trinajstić information content (AvgIpc) is 2.30. The van der Waals surface area contributed by atoms with Crippen LogP contribution in [0.3, 0.4) is 0 Å². The van der Waals surface area contributed by atoms with Crippen molar-refractivity contribution < 1.29 is 8.78 Å². The highest BCUT2D eigenvalue weighted by Gasteiger charge is 2.06. The molecule has 0 aliphatic carbocycles. The molecule has 2 aromatic rings. The van der Waals surface area contributed by atoms with Crippen molar-refractivity contribution in [1.29, 1.82) is 0 Å². The fourth-order valence-corrected chi connectivity index (χ4v) is 2.17. The lowest BCUT2D eigenvalue weighted by Crippen LogP contribution is -2.18. The van der Waals surface area contributed by atoms with Gasteiger partial charge in [0.25, 0.3) is 0 Å². The lowest BCUT2D eigenvalue weighted by atomic mass is 10.1. The van der Waals surface area contributed by atoms with Crippen molar-refractivity contribution in [3.05, 3.63) is 64.7 Å². The first-order valence-electron chi connectivity index (χ1n) is 6.00. The van der Waals surface area contributed by atoms with Gasteiger partial charge in [0, 0.05) is 16.8 Å². The van der Waals surface area contributed by atoms with E-state index in [-0.39, 0.29) is 17.7 Å². The van der Waals surface area contributed by atoms with Crippen molar-refractivity contribution in [3.8, 4) is 0 Å². The fraction of sp³-hybridized carbons (Fsp3) is 0.200. The van der Waals surface area contributed by atoms with Crippen molar-refractivity contribution in [3.63, 3.8) is 0 Å². The summed E-state index contributed by atoms with van der Waals surface area (Å²) in [6, 6.07) is 10.8. The van der Waals surface area contributed by atoms with Gasteiger partial charge in [-0.15, -0.1) is 0 Å². The Hall–Kier alpha value is -1.61. The molecule has 0 saturated heterocycles. The summed E-state index contributed by atoms with van der Waals surface area (Å²) in [5, 5.41) is 3.53. The smallest absolute Gasteiger partial charge is 0.126 e. The molecule has 1 nitrogen and oxygen atoms in total. The number of hydrogen-bond donors (Lipinski definition) is 1. The van der Waals surface area contributed by atoms with Crippen LogP contribution in [0.15, 0.2) is 42.5 Å². The molecule has 1 N–H and O–H groups in total. The zero-order chi connectivity index (χ0) is 13.8. The first-order valence-corrected chi connectivity index (χ1v) is 6.38. The second-order valence-corrected chi connectivity index (χ2v) is 4.97. The van der Waals surface area contributed by atoms with Gasteiger partial charge in [0.15, 0.2) is 0 Å². The predicted octanol–water partition coefficient (Wildman–Crippen LogP) is 4.66. The Kier molecular flexibility index (Phi) is 4.38. The predicted molar refractivity (Wildman–Crippen MR) is 74.6 cm³/mol. The molecule has 0 bridgehead atoms. The summed E-state index contributed by atoms with van der Waals surface area (Å²) in [5.74, 6) is -0.620. The summed E-state index contributed by atoms with van der Waals surface area (Å²) in [6.45, 7) is 1.97. The topological polar surface area (TPSA) is 12.0 Å². The van der Waals surface area contributed by atoms with Gasteiger partial charge in [-0.1, -0.05) is 23.7 Å². The van der Waals surface area contributed by atoms with Crippen molar-refractivity contribution in [2.24, 2.45) is 0 Å². The van der Waals surface area contributed by atoms with Gasteiger partial charge in [-0.2, -0.15) is 0 Å². The SMILES string of the molecule is CC(Cc1ccc(F)cc1)Nc1cc(F)cc(Cl)c1. The third-order valence-electron chi connectivity index (χ3n) is 2.73. The Balaban J connectivity index is 2.00. The maximum Gasteiger partial charge on any atom is 0.126 e. The van der Waals surface area contributed by atoms with E-state index in [1.165, 1.54) is 24.3 Å². The molecular weight excluding hydrogens is 268 g/mol. The Bertz CT molecular complexity index is 534. The molecule has 0 saturated carbocycles. The number of rotatable bonds is 4. The normalized spacial score (nSPS) is 12.2. The summed E-state index contributed by atoms with van der Waals surface area (Å²) < 4.78 is 26.0. The van der Waals surface area contributed by atoms with Crippen LogP contribution in [0.2, 0.25) is 5.02 Å². The number of benzene rings is 2. The van der Waals surface area contributed by atoms with E-state index in [0.29, 0.717) is 17.1 Å². The molecule has 0 aliphatic heterocycles. The minimum atomic E-state index is -0.371. The van der Waals surface area contributed by atoms with E-state index in [1.54, 1.807) is 18.2 Å². The van der Waals surface area contributed by atoms with E-state index in [9.17, 15) is 8.78 Å². The van der Waals surface area contributed by atoms with Gasteiger partial charge < -0.3 is 5.32 Å². The maximum atomic E-state index is 13.2. The highest BCUT2D eigenvalue weighted by Crippen LogP contribution is 2.19. The summed E-state index contributed by atoms with van der Waals surface area (Å²) in [6.07, 6.45) is 0.717. The summed E-state index contributed by atoms with van der Waals surface area (Å²) in [7, 11) is 0. The zero-order valence-corrected chi connectivity index (χ0v) is 11.2. The Morgan fingerprint density at radius 2 is 1.74 bits per heavy atom. The van der Waals surface area contributed by atoms with Crippen LogP contribution in [0.1, 0.15) is 12.5 Å². The lowest BCUT2D eigenvalue weighted by Gasteiger charge is -2.15. The molecule has 1 unspecified atom stereocenters. The second kappa shape index (κ2) is 6.02. The molecule has 19 heavy (non-hydrogen) atoms. The second-order valence-electron chi connectivity index (χ2n) is 4.53. The minimum absolute atomic E-state index is 0.0864. The van der Waals surface area contributed by atoms with Gasteiger partial charge in [-0.05, 0) is 49.2 Å². The highest BCUT2D eigenvalue weighted by molar-refractivity contribution is 6.30. The maximum absolute atomic E-state index is 13.2. The van der Waals surface area contributed by atoms with Crippen molar-refractivity contribution >= 4 is 17.3 Å². The molecular formula is C15H14ClF2N. The molecule has 2 rings (SSSR count). The van der Waals surface area contributed by atoms with E-state index in [4.69, 9.17) is 11.6 Å². The minimum Gasteiger partial charge on any atom is -0.382 e. The quantitative estimate of drug-likeness (QED) is 0.859. The van der Waals surface area contributed by atoms with Crippen LogP contribution >= 0.6 is 11.6 Å². The van der Waals surface area contributed by atoms with Crippen LogP contribution in [-0.2, 0) is 6.42 Å². The molecule has 4 heteroatoms. The molecule has 0 amide bonds. The van der Waals surface area contributed by atoms with Gasteiger partial charge in [0.05, 0.1) is 0 Å². The monoisotopic (exact) mass is 281 g/mol. The summed E-state index contributed by atoms with van der Waals surface area (Å²) in [5.41, 5.74) is 1.66. The van der Waals surface area contributed by atoms with E-state index in [1.807, 2.05) is 6.92 Å². The molecule has 0 aromatic heterocycles. The molecule has 0 aliphatic rings. The Morgan fingerprint density at radius 1 is 1.05 bits per heavy atom. The van der Waals surface area contributed by atoms with Crippen molar-refractivity contribution in [2.45, 2.75) is 19.4 Å². The first kappa shape index (κ1) is 13.8. The van der Waals surface area contributed by atoms with Gasteiger partial charge >= 0.3 is 0 Å². The van der Waals surface area contributed by atoms with Crippen LogP contribution in [0.4, 0.5) is 14.5 Å². The third kappa shape index (κ3) is 4.21.